The number of nitrogens with one attached hydrogen (secondary N) is 1. The van der Waals surface area contributed by atoms with Crippen molar-refractivity contribution in [3.05, 3.63) is 0 Å². The summed E-state index contributed by atoms with van der Waals surface area (Å²) >= 11 is 1.72. The monoisotopic (exact) mass is 146 g/mol. The SMILES string of the molecule is N[C@@H]1CSCCNC1=O. The maximum Gasteiger partial charge on any atom is 0.237 e. The molecule has 0 aromatic heterocycles. The van der Waals surface area contributed by atoms with Gasteiger partial charge in [-0.1, -0.05) is 0 Å². The Morgan fingerprint density at radius 3 is 3.33 bits per heavy atom. The first-order chi connectivity index (χ1) is 4.30. The summed E-state index contributed by atoms with van der Waals surface area (Å²) in [5, 5.41) is 2.71. The van der Waals surface area contributed by atoms with E-state index in [1.165, 1.54) is 0 Å². The van der Waals surface area contributed by atoms with Crippen molar-refractivity contribution in [2.24, 2.45) is 5.73 Å². The minimum absolute atomic E-state index is 0.0139. The van der Waals surface area contributed by atoms with Crippen molar-refractivity contribution in [2.45, 2.75) is 6.04 Å². The molecule has 1 heterocycles. The van der Waals surface area contributed by atoms with E-state index in [0.29, 0.717) is 0 Å². The Morgan fingerprint density at radius 1 is 1.78 bits per heavy atom. The highest BCUT2D eigenvalue weighted by Gasteiger charge is 2.14. The zero-order valence-electron chi connectivity index (χ0n) is 5.09. The largest absolute Gasteiger partial charge is 0.354 e. The normalized spacial score (nSPS) is 29.0. The van der Waals surface area contributed by atoms with Crippen LogP contribution in [0.5, 0.6) is 0 Å². The zero-order valence-corrected chi connectivity index (χ0v) is 5.91. The minimum Gasteiger partial charge on any atom is -0.354 e. The van der Waals surface area contributed by atoms with Crippen LogP contribution >= 0.6 is 11.8 Å². The molecular formula is C5H10N2OS. The Kier molecular flexibility index (Phi) is 2.36. The van der Waals surface area contributed by atoms with E-state index in [2.05, 4.69) is 5.32 Å². The van der Waals surface area contributed by atoms with E-state index in [1.54, 1.807) is 11.8 Å². The summed E-state index contributed by atoms with van der Waals surface area (Å²) in [5.74, 6) is 1.73. The highest BCUT2D eigenvalue weighted by Crippen LogP contribution is 2.03. The topological polar surface area (TPSA) is 55.1 Å². The van der Waals surface area contributed by atoms with Crippen LogP contribution in [0, 0.1) is 0 Å². The lowest BCUT2D eigenvalue weighted by Crippen LogP contribution is -2.40. The second-order valence-corrected chi connectivity index (χ2v) is 3.12. The van der Waals surface area contributed by atoms with Gasteiger partial charge in [-0.2, -0.15) is 11.8 Å². The van der Waals surface area contributed by atoms with Gasteiger partial charge in [0.1, 0.15) is 0 Å². The second-order valence-electron chi connectivity index (χ2n) is 1.97. The van der Waals surface area contributed by atoms with Gasteiger partial charge in [0, 0.05) is 18.1 Å². The molecule has 0 aromatic rings. The predicted molar refractivity (Wildman–Crippen MR) is 38.3 cm³/mol. The van der Waals surface area contributed by atoms with Crippen molar-refractivity contribution in [3.8, 4) is 0 Å². The Morgan fingerprint density at radius 2 is 2.56 bits per heavy atom. The summed E-state index contributed by atoms with van der Waals surface area (Å²) in [6, 6.07) is -0.294. The van der Waals surface area contributed by atoms with Gasteiger partial charge in [-0.25, -0.2) is 0 Å². The lowest BCUT2D eigenvalue weighted by molar-refractivity contribution is -0.121. The first-order valence-corrected chi connectivity index (χ1v) is 4.07. The van der Waals surface area contributed by atoms with Crippen molar-refractivity contribution >= 4 is 17.7 Å². The molecule has 1 atom stereocenters. The molecule has 9 heavy (non-hydrogen) atoms. The van der Waals surface area contributed by atoms with Crippen molar-refractivity contribution in [2.75, 3.05) is 18.1 Å². The molecule has 0 spiro atoms. The number of hydrogen-bond acceptors (Lipinski definition) is 3. The number of hydrogen-bond donors (Lipinski definition) is 2. The number of carbonyl (C=O) groups is 1. The molecule has 0 aliphatic carbocycles. The third-order valence-electron chi connectivity index (χ3n) is 1.18. The van der Waals surface area contributed by atoms with E-state index >= 15 is 0 Å². The molecule has 1 amide bonds. The van der Waals surface area contributed by atoms with Crippen LogP contribution in [-0.2, 0) is 4.79 Å². The fraction of sp³-hybridized carbons (Fsp3) is 0.800. The van der Waals surface area contributed by atoms with Crippen LogP contribution in [0.4, 0.5) is 0 Å². The molecule has 52 valence electrons. The molecule has 1 fully saturated rings. The first-order valence-electron chi connectivity index (χ1n) is 2.92. The van der Waals surface area contributed by atoms with Crippen LogP contribution in [0.1, 0.15) is 0 Å². The molecule has 1 rings (SSSR count). The number of carbonyl (C=O) groups excluding carboxylic acids is 1. The van der Waals surface area contributed by atoms with Crippen LogP contribution in [0.2, 0.25) is 0 Å². The molecule has 1 saturated heterocycles. The maximum atomic E-state index is 10.8. The van der Waals surface area contributed by atoms with Gasteiger partial charge in [-0.3, -0.25) is 4.79 Å². The Labute approximate surface area is 58.4 Å². The summed E-state index contributed by atoms with van der Waals surface area (Å²) in [6.45, 7) is 0.761. The van der Waals surface area contributed by atoms with Gasteiger partial charge in [0.05, 0.1) is 6.04 Å². The summed E-state index contributed by atoms with van der Waals surface area (Å²) in [4.78, 5) is 10.8. The van der Waals surface area contributed by atoms with Gasteiger partial charge in [0.15, 0.2) is 0 Å². The van der Waals surface area contributed by atoms with E-state index in [1.807, 2.05) is 0 Å². The van der Waals surface area contributed by atoms with Gasteiger partial charge in [0.25, 0.3) is 0 Å². The second kappa shape index (κ2) is 3.08. The van der Waals surface area contributed by atoms with Crippen LogP contribution in [0.3, 0.4) is 0 Å². The Balaban J connectivity index is 2.41. The van der Waals surface area contributed by atoms with Crippen LogP contribution in [0.15, 0.2) is 0 Å². The molecule has 0 unspecified atom stereocenters. The fourth-order valence-electron chi connectivity index (χ4n) is 0.663. The van der Waals surface area contributed by atoms with Crippen molar-refractivity contribution < 1.29 is 4.79 Å². The molecule has 1 aliphatic heterocycles. The summed E-state index contributed by atoms with van der Waals surface area (Å²) in [5.41, 5.74) is 5.45. The van der Waals surface area contributed by atoms with E-state index in [4.69, 9.17) is 5.73 Å². The van der Waals surface area contributed by atoms with Crippen molar-refractivity contribution in [3.63, 3.8) is 0 Å². The summed E-state index contributed by atoms with van der Waals surface area (Å²) in [7, 11) is 0. The Bertz CT molecular complexity index is 118. The van der Waals surface area contributed by atoms with Crippen LogP contribution in [-0.4, -0.2) is 30.0 Å². The highest BCUT2D eigenvalue weighted by atomic mass is 32.2. The predicted octanol–water partition coefficient (Wildman–Crippen LogP) is -0.823. The minimum atomic E-state index is -0.294. The van der Waals surface area contributed by atoms with Crippen LogP contribution in [0.25, 0.3) is 0 Å². The van der Waals surface area contributed by atoms with Gasteiger partial charge in [-0.05, 0) is 0 Å². The van der Waals surface area contributed by atoms with Gasteiger partial charge in [-0.15, -0.1) is 0 Å². The van der Waals surface area contributed by atoms with E-state index in [-0.39, 0.29) is 11.9 Å². The standard InChI is InChI=1S/C5H10N2OS/c6-4-3-9-2-1-7-5(4)8/h4H,1-3,6H2,(H,7,8)/t4-/m1/s1. The summed E-state index contributed by atoms with van der Waals surface area (Å²) < 4.78 is 0. The zero-order chi connectivity index (χ0) is 6.69. The molecule has 3 nitrogen and oxygen atoms in total. The van der Waals surface area contributed by atoms with E-state index in [9.17, 15) is 4.79 Å². The lowest BCUT2D eigenvalue weighted by atomic mass is 10.3. The third kappa shape index (κ3) is 1.87. The van der Waals surface area contributed by atoms with E-state index in [0.717, 1.165) is 18.1 Å². The van der Waals surface area contributed by atoms with Gasteiger partial charge in [0.2, 0.25) is 5.91 Å². The molecule has 4 heteroatoms. The number of amides is 1. The van der Waals surface area contributed by atoms with Crippen molar-refractivity contribution in [1.29, 1.82) is 0 Å². The molecule has 0 saturated carbocycles. The molecule has 1 aliphatic rings. The van der Waals surface area contributed by atoms with Crippen LogP contribution < -0.4 is 11.1 Å². The van der Waals surface area contributed by atoms with E-state index < -0.39 is 0 Å². The molecule has 0 radical (unpaired) electrons. The average molecular weight is 146 g/mol. The molecular weight excluding hydrogens is 136 g/mol. The molecule has 0 bridgehead atoms. The highest BCUT2D eigenvalue weighted by molar-refractivity contribution is 7.99. The summed E-state index contributed by atoms with van der Waals surface area (Å²) in [6.07, 6.45) is 0. The average Bonchev–Trinajstić information content (AvgIpc) is 1.99. The van der Waals surface area contributed by atoms with Crippen molar-refractivity contribution in [1.82, 2.24) is 5.32 Å². The smallest absolute Gasteiger partial charge is 0.237 e. The number of thioether (sulfide) groups is 1. The first kappa shape index (κ1) is 6.89. The lowest BCUT2D eigenvalue weighted by Gasteiger charge is -2.03. The number of nitrogens with two attached hydrogens (primary N) is 1. The number of rotatable bonds is 0. The third-order valence-corrected chi connectivity index (χ3v) is 2.27. The molecule has 3 N–H and O–H groups in total. The quantitative estimate of drug-likeness (QED) is 0.469. The van der Waals surface area contributed by atoms with Gasteiger partial charge >= 0.3 is 0 Å². The van der Waals surface area contributed by atoms with Gasteiger partial charge < -0.3 is 11.1 Å². The Hall–Kier alpha value is -0.220. The maximum absolute atomic E-state index is 10.8. The molecule has 0 aromatic carbocycles. The fourth-order valence-corrected chi connectivity index (χ4v) is 1.48.